The van der Waals surface area contributed by atoms with Crippen LogP contribution >= 0.6 is 11.6 Å². The number of anilines is 2. The number of rotatable bonds is 3. The predicted molar refractivity (Wildman–Crippen MR) is 104 cm³/mol. The van der Waals surface area contributed by atoms with Gasteiger partial charge < -0.3 is 4.90 Å². The summed E-state index contributed by atoms with van der Waals surface area (Å²) in [5.74, 6) is 1.56. The van der Waals surface area contributed by atoms with Crippen molar-refractivity contribution < 1.29 is 0 Å². The van der Waals surface area contributed by atoms with Crippen molar-refractivity contribution in [3.05, 3.63) is 83.9 Å². The van der Waals surface area contributed by atoms with Crippen LogP contribution in [0.2, 0.25) is 5.02 Å². The second-order valence-electron chi connectivity index (χ2n) is 5.79. The average Bonchev–Trinajstić information content (AvgIpc) is 2.68. The minimum absolute atomic E-state index is 0.688. The second-order valence-corrected chi connectivity index (χ2v) is 6.23. The molecule has 0 spiro atoms. The minimum Gasteiger partial charge on any atom is -0.329 e. The number of fused-ring (bicyclic) bond motifs is 1. The Labute approximate surface area is 151 Å². The van der Waals surface area contributed by atoms with Crippen molar-refractivity contribution in [2.24, 2.45) is 0 Å². The van der Waals surface area contributed by atoms with Crippen LogP contribution in [0, 0.1) is 0 Å². The lowest BCUT2D eigenvalue weighted by molar-refractivity contribution is 1.12. The van der Waals surface area contributed by atoms with Crippen LogP contribution in [0.4, 0.5) is 11.5 Å². The Morgan fingerprint density at radius 2 is 1.44 bits per heavy atom. The van der Waals surface area contributed by atoms with Crippen LogP contribution in [0.15, 0.2) is 78.9 Å². The molecule has 0 aliphatic rings. The summed E-state index contributed by atoms with van der Waals surface area (Å²) < 4.78 is 0. The number of para-hydroxylation sites is 2. The Bertz CT molecular complexity index is 1010. The fourth-order valence-electron chi connectivity index (χ4n) is 2.82. The first-order valence-corrected chi connectivity index (χ1v) is 8.42. The molecule has 0 aliphatic carbocycles. The van der Waals surface area contributed by atoms with E-state index in [1.54, 1.807) is 0 Å². The highest BCUT2D eigenvalue weighted by Gasteiger charge is 2.13. The second kappa shape index (κ2) is 6.54. The monoisotopic (exact) mass is 345 g/mol. The summed E-state index contributed by atoms with van der Waals surface area (Å²) in [5, 5.41) is 1.72. The van der Waals surface area contributed by atoms with Gasteiger partial charge in [-0.15, -0.1) is 0 Å². The van der Waals surface area contributed by atoms with E-state index in [-0.39, 0.29) is 0 Å². The molecule has 3 aromatic carbocycles. The van der Waals surface area contributed by atoms with Gasteiger partial charge in [0.15, 0.2) is 5.82 Å². The molecule has 0 saturated carbocycles. The topological polar surface area (TPSA) is 29.0 Å². The Kier molecular flexibility index (Phi) is 4.08. The highest BCUT2D eigenvalue weighted by atomic mass is 35.5. The number of nitrogens with zero attached hydrogens (tertiary/aromatic N) is 3. The van der Waals surface area contributed by atoms with Gasteiger partial charge in [-0.05, 0) is 48.5 Å². The Hall–Kier alpha value is -2.91. The molecule has 0 saturated heterocycles. The first-order chi connectivity index (χ1) is 12.2. The standard InChI is InChI=1S/C21H16ClN3/c1-25(17-7-3-2-4-8-17)21-18-9-5-6-10-19(18)23-20(24-21)15-11-13-16(22)14-12-15/h2-14H,1H3. The van der Waals surface area contributed by atoms with Crippen molar-refractivity contribution in [3.63, 3.8) is 0 Å². The lowest BCUT2D eigenvalue weighted by atomic mass is 10.1. The van der Waals surface area contributed by atoms with Gasteiger partial charge in [-0.25, -0.2) is 9.97 Å². The predicted octanol–water partition coefficient (Wildman–Crippen LogP) is 5.72. The van der Waals surface area contributed by atoms with Crippen molar-refractivity contribution in [3.8, 4) is 11.4 Å². The summed E-state index contributed by atoms with van der Waals surface area (Å²) in [7, 11) is 2.02. The molecule has 0 amide bonds. The molecule has 0 aliphatic heterocycles. The summed E-state index contributed by atoms with van der Waals surface area (Å²) >= 11 is 6.01. The van der Waals surface area contributed by atoms with Crippen LogP contribution in [-0.4, -0.2) is 17.0 Å². The van der Waals surface area contributed by atoms with E-state index in [0.29, 0.717) is 10.8 Å². The molecule has 0 N–H and O–H groups in total. The van der Waals surface area contributed by atoms with E-state index in [0.717, 1.165) is 28.0 Å². The van der Waals surface area contributed by atoms with E-state index < -0.39 is 0 Å². The van der Waals surface area contributed by atoms with E-state index in [1.807, 2.05) is 67.7 Å². The molecule has 0 fully saturated rings. The zero-order valence-electron chi connectivity index (χ0n) is 13.7. The molecule has 1 aromatic heterocycles. The van der Waals surface area contributed by atoms with E-state index in [2.05, 4.69) is 23.1 Å². The third kappa shape index (κ3) is 3.06. The molecular formula is C21H16ClN3. The number of hydrogen-bond donors (Lipinski definition) is 0. The molecule has 4 aromatic rings. The largest absolute Gasteiger partial charge is 0.329 e. The summed E-state index contributed by atoms with van der Waals surface area (Å²) in [6.45, 7) is 0. The van der Waals surface area contributed by atoms with Crippen molar-refractivity contribution in [2.75, 3.05) is 11.9 Å². The van der Waals surface area contributed by atoms with Crippen LogP contribution < -0.4 is 4.90 Å². The Morgan fingerprint density at radius 1 is 0.760 bits per heavy atom. The first-order valence-electron chi connectivity index (χ1n) is 8.04. The number of aromatic nitrogens is 2. The van der Waals surface area contributed by atoms with Gasteiger partial charge in [0.2, 0.25) is 0 Å². The van der Waals surface area contributed by atoms with Gasteiger partial charge >= 0.3 is 0 Å². The number of hydrogen-bond acceptors (Lipinski definition) is 3. The minimum atomic E-state index is 0.688. The quantitative estimate of drug-likeness (QED) is 0.475. The maximum Gasteiger partial charge on any atom is 0.162 e. The first kappa shape index (κ1) is 15.6. The molecule has 0 atom stereocenters. The fourth-order valence-corrected chi connectivity index (χ4v) is 2.94. The fraction of sp³-hybridized carbons (Fsp3) is 0.0476. The lowest BCUT2D eigenvalue weighted by Gasteiger charge is -2.20. The van der Waals surface area contributed by atoms with Gasteiger partial charge in [0.25, 0.3) is 0 Å². The summed E-state index contributed by atoms with van der Waals surface area (Å²) in [5.41, 5.74) is 2.94. The van der Waals surface area contributed by atoms with Crippen molar-refractivity contribution in [1.29, 1.82) is 0 Å². The van der Waals surface area contributed by atoms with Gasteiger partial charge in [-0.2, -0.15) is 0 Å². The zero-order chi connectivity index (χ0) is 17.2. The zero-order valence-corrected chi connectivity index (χ0v) is 14.5. The molecule has 4 heteroatoms. The van der Waals surface area contributed by atoms with Crippen LogP contribution in [0.1, 0.15) is 0 Å². The van der Waals surface area contributed by atoms with Crippen molar-refractivity contribution in [1.82, 2.24) is 9.97 Å². The summed E-state index contributed by atoms with van der Waals surface area (Å²) in [6, 6.07) is 25.9. The average molecular weight is 346 g/mol. The van der Waals surface area contributed by atoms with Crippen molar-refractivity contribution in [2.45, 2.75) is 0 Å². The van der Waals surface area contributed by atoms with Crippen LogP contribution in [0.25, 0.3) is 22.3 Å². The van der Waals surface area contributed by atoms with Gasteiger partial charge in [-0.3, -0.25) is 0 Å². The third-order valence-corrected chi connectivity index (χ3v) is 4.40. The molecule has 0 radical (unpaired) electrons. The normalized spacial score (nSPS) is 10.8. The molecule has 122 valence electrons. The Balaban J connectivity index is 1.91. The molecule has 1 heterocycles. The summed E-state index contributed by atoms with van der Waals surface area (Å²) in [6.07, 6.45) is 0. The van der Waals surface area contributed by atoms with Crippen LogP contribution in [0.5, 0.6) is 0 Å². The Morgan fingerprint density at radius 3 is 2.20 bits per heavy atom. The maximum absolute atomic E-state index is 6.01. The van der Waals surface area contributed by atoms with Gasteiger partial charge in [0.05, 0.1) is 5.52 Å². The molecule has 0 unspecified atom stereocenters. The van der Waals surface area contributed by atoms with E-state index in [9.17, 15) is 0 Å². The smallest absolute Gasteiger partial charge is 0.162 e. The molecule has 3 nitrogen and oxygen atoms in total. The van der Waals surface area contributed by atoms with Crippen molar-refractivity contribution >= 4 is 34.0 Å². The van der Waals surface area contributed by atoms with Gasteiger partial charge in [0, 0.05) is 28.7 Å². The molecular weight excluding hydrogens is 330 g/mol. The lowest BCUT2D eigenvalue weighted by Crippen LogP contribution is -2.12. The molecule has 25 heavy (non-hydrogen) atoms. The van der Waals surface area contributed by atoms with Crippen LogP contribution in [-0.2, 0) is 0 Å². The van der Waals surface area contributed by atoms with Gasteiger partial charge in [0.1, 0.15) is 5.82 Å². The SMILES string of the molecule is CN(c1ccccc1)c1nc(-c2ccc(Cl)cc2)nc2ccccc12. The van der Waals surface area contributed by atoms with Gasteiger partial charge in [-0.1, -0.05) is 41.9 Å². The molecule has 4 rings (SSSR count). The number of benzene rings is 3. The van der Waals surface area contributed by atoms with E-state index >= 15 is 0 Å². The third-order valence-electron chi connectivity index (χ3n) is 4.15. The van der Waals surface area contributed by atoms with E-state index in [1.165, 1.54) is 0 Å². The number of halogens is 1. The highest BCUT2D eigenvalue weighted by Crippen LogP contribution is 2.31. The highest BCUT2D eigenvalue weighted by molar-refractivity contribution is 6.30. The summed E-state index contributed by atoms with van der Waals surface area (Å²) in [4.78, 5) is 11.7. The van der Waals surface area contributed by atoms with E-state index in [4.69, 9.17) is 21.6 Å². The van der Waals surface area contributed by atoms with Crippen LogP contribution in [0.3, 0.4) is 0 Å². The molecule has 0 bridgehead atoms. The maximum atomic E-state index is 6.01.